The van der Waals surface area contributed by atoms with Crippen LogP contribution in [0.5, 0.6) is 0 Å². The van der Waals surface area contributed by atoms with E-state index in [2.05, 4.69) is 33.2 Å². The van der Waals surface area contributed by atoms with E-state index in [1.165, 1.54) is 0 Å². The first-order valence-corrected chi connectivity index (χ1v) is 8.69. The quantitative estimate of drug-likeness (QED) is 0.486. The van der Waals surface area contributed by atoms with Crippen molar-refractivity contribution in [3.63, 3.8) is 0 Å². The third-order valence-corrected chi connectivity index (χ3v) is 4.30. The van der Waals surface area contributed by atoms with Gasteiger partial charge in [0.25, 0.3) is 0 Å². The van der Waals surface area contributed by atoms with Gasteiger partial charge >= 0.3 is 0 Å². The van der Waals surface area contributed by atoms with E-state index in [0.717, 1.165) is 22.3 Å². The van der Waals surface area contributed by atoms with Gasteiger partial charge in [-0.2, -0.15) is 15.2 Å². The Morgan fingerprint density at radius 2 is 1.07 bits per heavy atom. The van der Waals surface area contributed by atoms with Crippen molar-refractivity contribution in [1.29, 1.82) is 5.26 Å². The number of aromatic nitrogens is 3. The van der Waals surface area contributed by atoms with Gasteiger partial charge in [-0.15, -0.1) is 0 Å². The van der Waals surface area contributed by atoms with E-state index >= 15 is 0 Å². The second-order valence-corrected chi connectivity index (χ2v) is 6.22. The van der Waals surface area contributed by atoms with Crippen molar-refractivity contribution in [3.05, 3.63) is 89.7 Å². The molecule has 128 valence electrons. The summed E-state index contributed by atoms with van der Waals surface area (Å²) in [6.07, 6.45) is 0. The van der Waals surface area contributed by atoms with Crippen LogP contribution in [0.2, 0.25) is 5.28 Å². The highest BCUT2D eigenvalue weighted by Crippen LogP contribution is 2.25. The molecule has 0 aliphatic heterocycles. The van der Waals surface area contributed by atoms with Gasteiger partial charge in [-0.1, -0.05) is 54.6 Å². The monoisotopic (exact) mass is 368 g/mol. The lowest BCUT2D eigenvalue weighted by molar-refractivity contribution is 1.07. The minimum absolute atomic E-state index is 0.131. The average Bonchev–Trinajstić information content (AvgIpc) is 2.74. The summed E-state index contributed by atoms with van der Waals surface area (Å²) in [6, 6.07) is 27.3. The number of halogens is 1. The number of nitrogens with zero attached hydrogens (tertiary/aromatic N) is 4. The second-order valence-electron chi connectivity index (χ2n) is 5.88. The van der Waals surface area contributed by atoms with Crippen LogP contribution >= 0.6 is 11.6 Å². The Hall–Kier alpha value is -3.55. The summed E-state index contributed by atoms with van der Waals surface area (Å²) in [5.74, 6) is 0.982. The number of nitriles is 1. The second kappa shape index (κ2) is 7.36. The van der Waals surface area contributed by atoms with Crippen LogP contribution in [0.4, 0.5) is 0 Å². The molecule has 5 heteroatoms. The molecule has 0 aliphatic rings. The van der Waals surface area contributed by atoms with Gasteiger partial charge < -0.3 is 0 Å². The molecule has 0 N–H and O–H groups in total. The molecule has 0 aliphatic carbocycles. The van der Waals surface area contributed by atoms with Crippen LogP contribution in [0.3, 0.4) is 0 Å². The van der Waals surface area contributed by atoms with Crippen LogP contribution in [0, 0.1) is 11.3 Å². The molecule has 0 spiro atoms. The molecule has 4 nitrogen and oxygen atoms in total. The van der Waals surface area contributed by atoms with Gasteiger partial charge in [0, 0.05) is 11.1 Å². The molecule has 1 aromatic heterocycles. The normalized spacial score (nSPS) is 10.4. The summed E-state index contributed by atoms with van der Waals surface area (Å²) in [7, 11) is 0. The minimum Gasteiger partial charge on any atom is -0.208 e. The van der Waals surface area contributed by atoms with Crippen molar-refractivity contribution < 1.29 is 0 Å². The summed E-state index contributed by atoms with van der Waals surface area (Å²) in [6.45, 7) is 0. The van der Waals surface area contributed by atoms with E-state index < -0.39 is 0 Å². The lowest BCUT2D eigenvalue weighted by Crippen LogP contribution is -1.97. The highest BCUT2D eigenvalue weighted by molar-refractivity contribution is 6.28. The van der Waals surface area contributed by atoms with Crippen molar-refractivity contribution in [1.82, 2.24) is 15.0 Å². The topological polar surface area (TPSA) is 62.5 Å². The zero-order valence-electron chi connectivity index (χ0n) is 14.2. The number of hydrogen-bond acceptors (Lipinski definition) is 4. The maximum absolute atomic E-state index is 8.93. The fraction of sp³-hybridized carbons (Fsp3) is 0. The van der Waals surface area contributed by atoms with E-state index in [0.29, 0.717) is 17.2 Å². The zero-order chi connectivity index (χ0) is 18.6. The Morgan fingerprint density at radius 3 is 1.63 bits per heavy atom. The molecule has 1 heterocycles. The summed E-state index contributed by atoms with van der Waals surface area (Å²) >= 11 is 6.12. The standard InChI is InChI=1S/C22H13ClN4/c23-22-26-20(18-8-6-15(14-24)7-9-18)25-21(27-22)19-12-10-17(11-13-19)16-4-2-1-3-5-16/h1-13H. The molecule has 0 radical (unpaired) electrons. The third-order valence-electron chi connectivity index (χ3n) is 4.13. The fourth-order valence-electron chi connectivity index (χ4n) is 2.74. The molecule has 3 aromatic carbocycles. The van der Waals surface area contributed by atoms with Crippen LogP contribution < -0.4 is 0 Å². The fourth-order valence-corrected chi connectivity index (χ4v) is 2.90. The maximum atomic E-state index is 8.93. The molecular formula is C22H13ClN4. The van der Waals surface area contributed by atoms with Crippen molar-refractivity contribution in [2.45, 2.75) is 0 Å². The Morgan fingerprint density at radius 1 is 0.593 bits per heavy atom. The molecule has 0 bridgehead atoms. The van der Waals surface area contributed by atoms with Crippen LogP contribution in [0.25, 0.3) is 33.9 Å². The molecule has 4 rings (SSSR count). The third kappa shape index (κ3) is 3.69. The van der Waals surface area contributed by atoms with Crippen molar-refractivity contribution in [2.24, 2.45) is 0 Å². The number of hydrogen-bond donors (Lipinski definition) is 0. The van der Waals surface area contributed by atoms with E-state index in [9.17, 15) is 0 Å². The van der Waals surface area contributed by atoms with Gasteiger partial charge in [0.15, 0.2) is 11.6 Å². The summed E-state index contributed by atoms with van der Waals surface area (Å²) in [5.41, 5.74) is 4.48. The molecule has 0 unspecified atom stereocenters. The van der Waals surface area contributed by atoms with Gasteiger partial charge in [-0.05, 0) is 47.0 Å². The highest BCUT2D eigenvalue weighted by atomic mass is 35.5. The van der Waals surface area contributed by atoms with Crippen molar-refractivity contribution in [2.75, 3.05) is 0 Å². The van der Waals surface area contributed by atoms with Gasteiger partial charge in [-0.3, -0.25) is 0 Å². The Labute approximate surface area is 161 Å². The summed E-state index contributed by atoms with van der Waals surface area (Å²) < 4.78 is 0. The molecule has 0 saturated heterocycles. The molecule has 0 saturated carbocycles. The number of rotatable bonds is 3. The van der Waals surface area contributed by atoms with Crippen LogP contribution in [-0.2, 0) is 0 Å². The molecule has 0 fully saturated rings. The van der Waals surface area contributed by atoms with Crippen LogP contribution in [-0.4, -0.2) is 15.0 Å². The minimum atomic E-state index is 0.131. The molecular weight excluding hydrogens is 356 g/mol. The lowest BCUT2D eigenvalue weighted by atomic mass is 10.0. The van der Waals surface area contributed by atoms with Gasteiger partial charge in [-0.25, -0.2) is 4.98 Å². The van der Waals surface area contributed by atoms with E-state index in [1.807, 2.05) is 42.5 Å². The van der Waals surface area contributed by atoms with Gasteiger partial charge in [0.1, 0.15) is 0 Å². The summed E-state index contributed by atoms with van der Waals surface area (Å²) in [5, 5.41) is 9.06. The Kier molecular flexibility index (Phi) is 4.61. The largest absolute Gasteiger partial charge is 0.226 e. The summed E-state index contributed by atoms with van der Waals surface area (Å²) in [4.78, 5) is 13.0. The van der Waals surface area contributed by atoms with E-state index in [-0.39, 0.29) is 5.28 Å². The predicted octanol–water partition coefficient (Wildman–Crippen LogP) is 5.40. The molecule has 27 heavy (non-hydrogen) atoms. The smallest absolute Gasteiger partial charge is 0.208 e. The SMILES string of the molecule is N#Cc1ccc(-c2nc(Cl)nc(-c3ccc(-c4ccccc4)cc3)n2)cc1. The highest BCUT2D eigenvalue weighted by Gasteiger charge is 2.10. The predicted molar refractivity (Wildman–Crippen MR) is 106 cm³/mol. The van der Waals surface area contributed by atoms with Gasteiger partial charge in [0.05, 0.1) is 11.6 Å². The number of benzene rings is 3. The van der Waals surface area contributed by atoms with E-state index in [1.54, 1.807) is 24.3 Å². The zero-order valence-corrected chi connectivity index (χ0v) is 14.9. The van der Waals surface area contributed by atoms with Gasteiger partial charge in [0.2, 0.25) is 5.28 Å². The Bertz CT molecular complexity index is 1120. The lowest BCUT2D eigenvalue weighted by Gasteiger charge is -2.06. The van der Waals surface area contributed by atoms with Crippen molar-refractivity contribution >= 4 is 11.6 Å². The maximum Gasteiger partial charge on any atom is 0.226 e. The molecule has 4 aromatic rings. The first-order valence-electron chi connectivity index (χ1n) is 8.31. The molecule has 0 amide bonds. The van der Waals surface area contributed by atoms with Crippen LogP contribution in [0.15, 0.2) is 78.9 Å². The Balaban J connectivity index is 1.69. The van der Waals surface area contributed by atoms with Crippen LogP contribution in [0.1, 0.15) is 5.56 Å². The first-order chi connectivity index (χ1) is 13.2. The molecule has 0 atom stereocenters. The van der Waals surface area contributed by atoms with Crippen molar-refractivity contribution in [3.8, 4) is 40.0 Å². The average molecular weight is 369 g/mol. The van der Waals surface area contributed by atoms with E-state index in [4.69, 9.17) is 16.9 Å². The first kappa shape index (κ1) is 16.9.